The molecule has 0 radical (unpaired) electrons. The lowest BCUT2D eigenvalue weighted by Crippen LogP contribution is -2.32. The zero-order valence-electron chi connectivity index (χ0n) is 6.46. The monoisotopic (exact) mass is 142 g/mol. The minimum atomic E-state index is 0.306. The Balaban J connectivity index is 2.45. The molecule has 1 rings (SSSR count). The Bertz CT molecular complexity index is 145. The molecule has 0 spiro atoms. The fourth-order valence-electron chi connectivity index (χ4n) is 1.33. The average Bonchev–Trinajstić information content (AvgIpc) is 2.34. The van der Waals surface area contributed by atoms with Crippen LogP contribution in [0, 0.1) is 0 Å². The van der Waals surface area contributed by atoms with E-state index < -0.39 is 0 Å². The lowest BCUT2D eigenvalue weighted by atomic mass is 10.1. The van der Waals surface area contributed by atoms with Crippen molar-refractivity contribution < 1.29 is 5.21 Å². The van der Waals surface area contributed by atoms with Crippen LogP contribution in [0.25, 0.3) is 0 Å². The number of nitrogens with zero attached hydrogens (tertiary/aromatic N) is 1. The minimum Gasteiger partial charge on any atom is -0.411 e. The third-order valence-electron chi connectivity index (χ3n) is 2.04. The van der Waals surface area contributed by atoms with Crippen molar-refractivity contribution in [2.45, 2.75) is 38.8 Å². The maximum atomic E-state index is 8.43. The maximum Gasteiger partial charge on any atom is 0.0709 e. The topological polar surface area (TPSA) is 44.6 Å². The molecule has 0 aliphatic carbocycles. The molecule has 1 aliphatic heterocycles. The average molecular weight is 142 g/mol. The highest BCUT2D eigenvalue weighted by Gasteiger charge is 2.22. The molecule has 0 amide bonds. The largest absolute Gasteiger partial charge is 0.411 e. The van der Waals surface area contributed by atoms with Gasteiger partial charge in [0.05, 0.1) is 5.71 Å². The second-order valence-corrected chi connectivity index (χ2v) is 2.94. The zero-order chi connectivity index (χ0) is 7.56. The first-order chi connectivity index (χ1) is 4.74. The van der Waals surface area contributed by atoms with Crippen LogP contribution < -0.4 is 5.32 Å². The fraction of sp³-hybridized carbons (Fsp3) is 0.857. The summed E-state index contributed by atoms with van der Waals surface area (Å²) in [6.45, 7) is 3.99. The molecule has 2 unspecified atom stereocenters. The summed E-state index contributed by atoms with van der Waals surface area (Å²) >= 11 is 0. The predicted octanol–water partition coefficient (Wildman–Crippen LogP) is 0.977. The molecule has 0 saturated carbocycles. The predicted molar refractivity (Wildman–Crippen MR) is 40.5 cm³/mol. The van der Waals surface area contributed by atoms with Crippen molar-refractivity contribution >= 4 is 5.71 Å². The van der Waals surface area contributed by atoms with Crippen molar-refractivity contribution in [2.24, 2.45) is 5.16 Å². The van der Waals surface area contributed by atoms with Crippen molar-refractivity contribution in [3.05, 3.63) is 0 Å². The van der Waals surface area contributed by atoms with Gasteiger partial charge in [0.2, 0.25) is 0 Å². The molecule has 1 fully saturated rings. The van der Waals surface area contributed by atoms with Crippen LogP contribution >= 0.6 is 0 Å². The van der Waals surface area contributed by atoms with Crippen LogP contribution in [-0.2, 0) is 0 Å². The fourth-order valence-corrected chi connectivity index (χ4v) is 1.33. The van der Waals surface area contributed by atoms with Gasteiger partial charge in [-0.3, -0.25) is 0 Å². The highest BCUT2D eigenvalue weighted by molar-refractivity contribution is 5.86. The van der Waals surface area contributed by atoms with Gasteiger partial charge >= 0.3 is 0 Å². The van der Waals surface area contributed by atoms with Crippen molar-refractivity contribution in [1.29, 1.82) is 0 Å². The number of nitrogens with one attached hydrogen (secondary N) is 1. The van der Waals surface area contributed by atoms with Crippen molar-refractivity contribution in [3.8, 4) is 0 Å². The summed E-state index contributed by atoms with van der Waals surface area (Å²) in [5.74, 6) is 0. The molecule has 0 aromatic heterocycles. The SMILES string of the molecule is CC(=NO)C1CCC(C)N1. The third-order valence-corrected chi connectivity index (χ3v) is 2.04. The van der Waals surface area contributed by atoms with Gasteiger partial charge in [0, 0.05) is 12.1 Å². The first kappa shape index (κ1) is 7.54. The molecule has 1 saturated heterocycles. The van der Waals surface area contributed by atoms with Gasteiger partial charge in [-0.1, -0.05) is 5.16 Å². The Morgan fingerprint density at radius 1 is 1.60 bits per heavy atom. The summed E-state index contributed by atoms with van der Waals surface area (Å²) < 4.78 is 0. The van der Waals surface area contributed by atoms with Crippen molar-refractivity contribution in [3.63, 3.8) is 0 Å². The van der Waals surface area contributed by atoms with Gasteiger partial charge in [-0.05, 0) is 26.7 Å². The van der Waals surface area contributed by atoms with Crippen molar-refractivity contribution in [2.75, 3.05) is 0 Å². The van der Waals surface area contributed by atoms with E-state index in [9.17, 15) is 0 Å². The summed E-state index contributed by atoms with van der Waals surface area (Å²) in [6, 6.07) is 0.877. The molecule has 1 aliphatic rings. The van der Waals surface area contributed by atoms with Crippen molar-refractivity contribution in [1.82, 2.24) is 5.32 Å². The first-order valence-electron chi connectivity index (χ1n) is 3.68. The molecule has 2 N–H and O–H groups in total. The first-order valence-corrected chi connectivity index (χ1v) is 3.68. The highest BCUT2D eigenvalue weighted by atomic mass is 16.4. The summed E-state index contributed by atoms with van der Waals surface area (Å²) in [6.07, 6.45) is 2.27. The van der Waals surface area contributed by atoms with E-state index in [1.165, 1.54) is 6.42 Å². The Labute approximate surface area is 61.1 Å². The van der Waals surface area contributed by atoms with E-state index in [0.717, 1.165) is 12.1 Å². The van der Waals surface area contributed by atoms with Crippen LogP contribution in [-0.4, -0.2) is 23.0 Å². The number of rotatable bonds is 1. The summed E-state index contributed by atoms with van der Waals surface area (Å²) in [5.41, 5.74) is 0.796. The molecule has 0 aromatic rings. The summed E-state index contributed by atoms with van der Waals surface area (Å²) in [5, 5.41) is 14.9. The Morgan fingerprint density at radius 3 is 2.70 bits per heavy atom. The highest BCUT2D eigenvalue weighted by Crippen LogP contribution is 2.12. The van der Waals surface area contributed by atoms with Gasteiger partial charge in [0.25, 0.3) is 0 Å². The Hall–Kier alpha value is -0.570. The molecule has 58 valence electrons. The molecule has 10 heavy (non-hydrogen) atoms. The smallest absolute Gasteiger partial charge is 0.0709 e. The van der Waals surface area contributed by atoms with E-state index in [2.05, 4.69) is 17.4 Å². The maximum absolute atomic E-state index is 8.43. The molecule has 2 atom stereocenters. The normalized spacial score (nSPS) is 34.8. The van der Waals surface area contributed by atoms with Gasteiger partial charge < -0.3 is 10.5 Å². The Morgan fingerprint density at radius 2 is 2.30 bits per heavy atom. The molecule has 0 aromatic carbocycles. The van der Waals surface area contributed by atoms with E-state index in [-0.39, 0.29) is 0 Å². The summed E-state index contributed by atoms with van der Waals surface area (Å²) in [4.78, 5) is 0. The lowest BCUT2D eigenvalue weighted by molar-refractivity contribution is 0.315. The molecule has 3 nitrogen and oxygen atoms in total. The lowest BCUT2D eigenvalue weighted by Gasteiger charge is -2.08. The minimum absolute atomic E-state index is 0.306. The summed E-state index contributed by atoms with van der Waals surface area (Å²) in [7, 11) is 0. The van der Waals surface area contributed by atoms with Gasteiger partial charge in [-0.15, -0.1) is 0 Å². The van der Waals surface area contributed by atoms with E-state index in [1.807, 2.05) is 6.92 Å². The van der Waals surface area contributed by atoms with Crippen LogP contribution in [0.3, 0.4) is 0 Å². The van der Waals surface area contributed by atoms with Gasteiger partial charge in [-0.25, -0.2) is 0 Å². The van der Waals surface area contributed by atoms with Gasteiger partial charge in [-0.2, -0.15) is 0 Å². The van der Waals surface area contributed by atoms with E-state index in [1.54, 1.807) is 0 Å². The number of hydrogen-bond acceptors (Lipinski definition) is 3. The van der Waals surface area contributed by atoms with Crippen LogP contribution in [0.4, 0.5) is 0 Å². The Kier molecular flexibility index (Phi) is 2.27. The van der Waals surface area contributed by atoms with E-state index >= 15 is 0 Å². The number of oxime groups is 1. The molecular formula is C7H14N2O. The van der Waals surface area contributed by atoms with E-state index in [4.69, 9.17) is 5.21 Å². The third kappa shape index (κ3) is 1.48. The van der Waals surface area contributed by atoms with Crippen LogP contribution in [0.5, 0.6) is 0 Å². The standard InChI is InChI=1S/C7H14N2O/c1-5-3-4-7(8-5)6(2)9-10/h5,7-8,10H,3-4H2,1-2H3. The molecule has 0 bridgehead atoms. The van der Waals surface area contributed by atoms with Crippen LogP contribution in [0.1, 0.15) is 26.7 Å². The zero-order valence-corrected chi connectivity index (χ0v) is 6.46. The van der Waals surface area contributed by atoms with Crippen LogP contribution in [0.2, 0.25) is 0 Å². The van der Waals surface area contributed by atoms with Gasteiger partial charge in [0.15, 0.2) is 0 Å². The second kappa shape index (κ2) is 3.01. The van der Waals surface area contributed by atoms with Crippen LogP contribution in [0.15, 0.2) is 5.16 Å². The molecular weight excluding hydrogens is 128 g/mol. The second-order valence-electron chi connectivity index (χ2n) is 2.94. The van der Waals surface area contributed by atoms with Gasteiger partial charge in [0.1, 0.15) is 0 Å². The number of hydrogen-bond donors (Lipinski definition) is 2. The molecule has 1 heterocycles. The quantitative estimate of drug-likeness (QED) is 0.325. The molecule has 3 heteroatoms. The van der Waals surface area contributed by atoms with E-state index in [0.29, 0.717) is 12.1 Å².